The lowest BCUT2D eigenvalue weighted by Crippen LogP contribution is -2.28. The summed E-state index contributed by atoms with van der Waals surface area (Å²) in [7, 11) is 0. The molecule has 344 valence electrons. The number of para-hydroxylation sites is 1. The summed E-state index contributed by atoms with van der Waals surface area (Å²) in [6.45, 7) is 0. The first kappa shape index (κ1) is 43.4. The predicted octanol–water partition coefficient (Wildman–Crippen LogP) is 17.9. The van der Waals surface area contributed by atoms with Gasteiger partial charge in [0.25, 0.3) is 0 Å². The molecule has 13 rings (SSSR count). The Kier molecular flexibility index (Phi) is 11.1. The molecular formula is C69H47N3O. The van der Waals surface area contributed by atoms with Crippen molar-refractivity contribution in [3.05, 3.63) is 307 Å². The van der Waals surface area contributed by atoms with Crippen LogP contribution in [0.5, 0.6) is 0 Å². The molecule has 0 atom stereocenters. The van der Waals surface area contributed by atoms with E-state index in [1.165, 1.54) is 38.9 Å². The molecule has 0 bridgehead atoms. The lowest BCUT2D eigenvalue weighted by Gasteiger charge is -2.34. The van der Waals surface area contributed by atoms with E-state index in [1.54, 1.807) is 0 Å². The molecule has 12 aromatic rings. The molecule has 0 radical (unpaired) electrons. The van der Waals surface area contributed by atoms with Crippen molar-refractivity contribution in [2.75, 3.05) is 4.90 Å². The molecule has 1 aliphatic rings. The van der Waals surface area contributed by atoms with Gasteiger partial charge in [0.05, 0.1) is 5.41 Å². The predicted molar refractivity (Wildman–Crippen MR) is 299 cm³/mol. The summed E-state index contributed by atoms with van der Waals surface area (Å²) in [5.41, 5.74) is 21.5. The number of nitrogens with zero attached hydrogens (tertiary/aromatic N) is 3. The van der Waals surface area contributed by atoms with Gasteiger partial charge < -0.3 is 9.32 Å². The molecule has 4 heteroatoms. The van der Waals surface area contributed by atoms with E-state index in [0.29, 0.717) is 11.8 Å². The summed E-state index contributed by atoms with van der Waals surface area (Å²) >= 11 is 0. The molecule has 1 aromatic heterocycles. The number of rotatable bonds is 11. The Labute approximate surface area is 425 Å². The Morgan fingerprint density at radius 2 is 0.630 bits per heavy atom. The zero-order valence-electron chi connectivity index (χ0n) is 39.9. The highest BCUT2D eigenvalue weighted by Gasteiger charge is 2.46. The van der Waals surface area contributed by atoms with Gasteiger partial charge in [0.15, 0.2) is 0 Å². The number of fused-ring (bicyclic) bond motifs is 3. The van der Waals surface area contributed by atoms with Gasteiger partial charge in [-0.2, -0.15) is 0 Å². The van der Waals surface area contributed by atoms with Crippen LogP contribution in [0.1, 0.15) is 22.3 Å². The van der Waals surface area contributed by atoms with Crippen molar-refractivity contribution in [1.29, 1.82) is 0 Å². The molecule has 0 aliphatic heterocycles. The van der Waals surface area contributed by atoms with Crippen molar-refractivity contribution in [2.24, 2.45) is 0 Å². The highest BCUT2D eigenvalue weighted by Crippen LogP contribution is 2.57. The minimum absolute atomic E-state index is 0.455. The van der Waals surface area contributed by atoms with E-state index < -0.39 is 5.41 Å². The Hall–Kier alpha value is -9.64. The monoisotopic (exact) mass is 933 g/mol. The number of benzene rings is 11. The van der Waals surface area contributed by atoms with Crippen LogP contribution in [0.25, 0.3) is 78.5 Å². The van der Waals surface area contributed by atoms with E-state index in [9.17, 15) is 0 Å². The van der Waals surface area contributed by atoms with Gasteiger partial charge in [-0.25, -0.2) is 0 Å². The molecule has 0 saturated heterocycles. The molecule has 11 aromatic carbocycles. The molecular weight excluding hydrogens is 887 g/mol. The molecule has 1 aliphatic carbocycles. The van der Waals surface area contributed by atoms with Crippen LogP contribution in [0.2, 0.25) is 0 Å². The maximum Gasteiger partial charge on any atom is 0.248 e. The minimum Gasteiger partial charge on any atom is -0.416 e. The number of aromatic nitrogens is 2. The van der Waals surface area contributed by atoms with Gasteiger partial charge in [-0.15, -0.1) is 10.2 Å². The van der Waals surface area contributed by atoms with Crippen LogP contribution in [0, 0.1) is 0 Å². The molecule has 73 heavy (non-hydrogen) atoms. The van der Waals surface area contributed by atoms with E-state index in [1.807, 2.05) is 30.3 Å². The summed E-state index contributed by atoms with van der Waals surface area (Å²) in [5, 5.41) is 8.67. The molecule has 0 spiro atoms. The largest absolute Gasteiger partial charge is 0.416 e. The first-order valence-electron chi connectivity index (χ1n) is 24.8. The highest BCUT2D eigenvalue weighted by atomic mass is 16.4. The zero-order chi connectivity index (χ0) is 48.6. The molecule has 0 N–H and O–H groups in total. The maximum atomic E-state index is 6.08. The van der Waals surface area contributed by atoms with Crippen molar-refractivity contribution < 1.29 is 4.42 Å². The summed E-state index contributed by atoms with van der Waals surface area (Å²) in [4.78, 5) is 2.34. The maximum absolute atomic E-state index is 6.08. The van der Waals surface area contributed by atoms with Gasteiger partial charge in [0.2, 0.25) is 11.8 Å². The van der Waals surface area contributed by atoms with E-state index in [-0.39, 0.29) is 0 Å². The summed E-state index contributed by atoms with van der Waals surface area (Å²) < 4.78 is 6.08. The SMILES string of the molecule is c1ccc(-c2nnc(-c3ccc(-c4ccccc4-c4ccccc4-c4ccc(N(c5ccccc5)c5ccc(-c6ccc7c(c6)C(c6ccccc6)(c6ccccc6)c6ccccc6-7)cc5)cc4)cc3)o2)cc1. The fourth-order valence-electron chi connectivity index (χ4n) is 11.0. The molecule has 0 unspecified atom stereocenters. The minimum atomic E-state index is -0.455. The molecule has 0 amide bonds. The second kappa shape index (κ2) is 18.6. The van der Waals surface area contributed by atoms with Crippen molar-refractivity contribution >= 4 is 17.1 Å². The molecule has 1 heterocycles. The second-order valence-corrected chi connectivity index (χ2v) is 18.5. The van der Waals surface area contributed by atoms with Crippen LogP contribution < -0.4 is 4.90 Å². The van der Waals surface area contributed by atoms with Gasteiger partial charge >= 0.3 is 0 Å². The van der Waals surface area contributed by atoms with Crippen molar-refractivity contribution in [3.8, 4) is 78.5 Å². The van der Waals surface area contributed by atoms with Crippen molar-refractivity contribution in [3.63, 3.8) is 0 Å². The first-order chi connectivity index (χ1) is 36.2. The van der Waals surface area contributed by atoms with Crippen molar-refractivity contribution in [2.45, 2.75) is 5.41 Å². The summed E-state index contributed by atoms with van der Waals surface area (Å²) in [6, 6.07) is 102. The first-order valence-corrected chi connectivity index (χ1v) is 24.8. The fourth-order valence-corrected chi connectivity index (χ4v) is 11.0. The molecule has 4 nitrogen and oxygen atoms in total. The average Bonchev–Trinajstić information content (AvgIpc) is 4.10. The van der Waals surface area contributed by atoms with Crippen LogP contribution in [0.15, 0.2) is 290 Å². The molecule has 0 fully saturated rings. The third-order valence-electron chi connectivity index (χ3n) is 14.4. The third kappa shape index (κ3) is 7.74. The van der Waals surface area contributed by atoms with Crippen molar-refractivity contribution in [1.82, 2.24) is 10.2 Å². The van der Waals surface area contributed by atoms with Crippen LogP contribution in [0.3, 0.4) is 0 Å². The van der Waals surface area contributed by atoms with Gasteiger partial charge in [0.1, 0.15) is 0 Å². The Morgan fingerprint density at radius 1 is 0.260 bits per heavy atom. The van der Waals surface area contributed by atoms with Crippen LogP contribution in [0.4, 0.5) is 17.1 Å². The van der Waals surface area contributed by atoms with E-state index in [4.69, 9.17) is 4.42 Å². The van der Waals surface area contributed by atoms with Crippen LogP contribution in [-0.2, 0) is 5.41 Å². The number of hydrogen-bond acceptors (Lipinski definition) is 4. The van der Waals surface area contributed by atoms with Gasteiger partial charge in [0, 0.05) is 28.2 Å². The van der Waals surface area contributed by atoms with E-state index >= 15 is 0 Å². The van der Waals surface area contributed by atoms with Crippen LogP contribution in [-0.4, -0.2) is 10.2 Å². The van der Waals surface area contributed by atoms with Crippen LogP contribution >= 0.6 is 0 Å². The quantitative estimate of drug-likeness (QED) is 0.130. The Balaban J connectivity index is 0.819. The Bertz CT molecular complexity index is 3830. The topological polar surface area (TPSA) is 42.2 Å². The second-order valence-electron chi connectivity index (χ2n) is 18.5. The number of hydrogen-bond donors (Lipinski definition) is 0. The Morgan fingerprint density at radius 3 is 1.18 bits per heavy atom. The van der Waals surface area contributed by atoms with Gasteiger partial charge in [-0.1, -0.05) is 218 Å². The fraction of sp³-hybridized carbons (Fsp3) is 0.0145. The third-order valence-corrected chi connectivity index (χ3v) is 14.4. The van der Waals surface area contributed by atoms with Gasteiger partial charge in [-0.05, 0) is 145 Å². The lowest BCUT2D eigenvalue weighted by atomic mass is 9.67. The molecule has 0 saturated carbocycles. The summed E-state index contributed by atoms with van der Waals surface area (Å²) in [5.74, 6) is 0.997. The average molecular weight is 934 g/mol. The number of anilines is 3. The lowest BCUT2D eigenvalue weighted by molar-refractivity contribution is 0.584. The van der Waals surface area contributed by atoms with E-state index in [2.05, 4.69) is 270 Å². The highest BCUT2D eigenvalue weighted by molar-refractivity contribution is 5.93. The normalized spacial score (nSPS) is 12.2. The van der Waals surface area contributed by atoms with Gasteiger partial charge in [-0.3, -0.25) is 0 Å². The zero-order valence-corrected chi connectivity index (χ0v) is 39.9. The summed E-state index contributed by atoms with van der Waals surface area (Å²) in [6.07, 6.45) is 0. The smallest absolute Gasteiger partial charge is 0.248 e. The standard InChI is InChI=1S/C69H47N3O/c1-5-19-51(20-6-1)67-70-71-68(73-67)52-35-33-49(34-36-52)59-27-13-15-29-61(59)62-30-16-14-28-60(62)50-39-44-58(45-40-50)72(56-25-11-4-12-26-56)57-42-37-48(38-43-57)53-41-46-64-63-31-17-18-32-65(63)69(66(64)47-53,54-21-7-2-8-22-54)55-23-9-3-10-24-55/h1-47H. The van der Waals surface area contributed by atoms with E-state index in [0.717, 1.165) is 67.1 Å².